The van der Waals surface area contributed by atoms with E-state index in [1.54, 1.807) is 19.3 Å². The molecule has 1 aliphatic heterocycles. The first-order chi connectivity index (χ1) is 10.8. The highest BCUT2D eigenvalue weighted by atomic mass is 32.2. The van der Waals surface area contributed by atoms with E-state index < -0.39 is 9.84 Å². The lowest BCUT2D eigenvalue weighted by Crippen LogP contribution is -2.38. The SMILES string of the molecule is CCCCN(C)c1ccc(C(=O)N(C)C2CCS(=O)(=O)C2)nc1. The third kappa shape index (κ3) is 4.43. The molecule has 2 heterocycles. The fraction of sp³-hybridized carbons (Fsp3) is 0.625. The van der Waals surface area contributed by atoms with Crippen molar-refractivity contribution in [2.24, 2.45) is 0 Å². The van der Waals surface area contributed by atoms with Gasteiger partial charge in [0.1, 0.15) is 5.69 Å². The molecule has 1 aromatic heterocycles. The van der Waals surface area contributed by atoms with Crippen molar-refractivity contribution in [1.82, 2.24) is 9.88 Å². The van der Waals surface area contributed by atoms with Crippen LogP contribution < -0.4 is 4.90 Å². The third-order valence-corrected chi connectivity index (χ3v) is 6.08. The summed E-state index contributed by atoms with van der Waals surface area (Å²) in [5.74, 6) is -0.0217. The van der Waals surface area contributed by atoms with E-state index in [1.807, 2.05) is 13.1 Å². The Bertz CT molecular complexity index is 643. The Kier molecular flexibility index (Phi) is 5.62. The van der Waals surface area contributed by atoms with Gasteiger partial charge in [0.05, 0.1) is 23.4 Å². The second kappa shape index (κ2) is 7.29. The fourth-order valence-corrected chi connectivity index (χ4v) is 4.46. The molecule has 1 saturated heterocycles. The largest absolute Gasteiger partial charge is 0.373 e. The molecule has 1 unspecified atom stereocenters. The van der Waals surface area contributed by atoms with E-state index in [4.69, 9.17) is 0 Å². The van der Waals surface area contributed by atoms with Crippen LogP contribution in [0.25, 0.3) is 0 Å². The van der Waals surface area contributed by atoms with Gasteiger partial charge in [0.25, 0.3) is 5.91 Å². The highest BCUT2D eigenvalue weighted by Crippen LogP contribution is 2.19. The minimum atomic E-state index is -3.00. The van der Waals surface area contributed by atoms with Crippen LogP contribution in [0.1, 0.15) is 36.7 Å². The van der Waals surface area contributed by atoms with Crippen LogP contribution in [-0.4, -0.2) is 62.4 Å². The summed E-state index contributed by atoms with van der Waals surface area (Å²) in [6.45, 7) is 3.10. The van der Waals surface area contributed by atoms with Gasteiger partial charge >= 0.3 is 0 Å². The number of pyridine rings is 1. The van der Waals surface area contributed by atoms with Gasteiger partial charge in [-0.1, -0.05) is 13.3 Å². The van der Waals surface area contributed by atoms with Crippen LogP contribution in [0.4, 0.5) is 5.69 Å². The molecule has 0 spiro atoms. The molecule has 1 atom stereocenters. The molecular formula is C16H25N3O3S. The summed E-state index contributed by atoms with van der Waals surface area (Å²) in [5.41, 5.74) is 1.32. The van der Waals surface area contributed by atoms with Crippen LogP contribution in [0.2, 0.25) is 0 Å². The van der Waals surface area contributed by atoms with Gasteiger partial charge in [0.2, 0.25) is 0 Å². The molecule has 1 fully saturated rings. The van der Waals surface area contributed by atoms with Gasteiger partial charge in [0.15, 0.2) is 9.84 Å². The topological polar surface area (TPSA) is 70.6 Å². The third-order valence-electron chi connectivity index (χ3n) is 4.33. The number of carbonyl (C=O) groups is 1. The molecule has 2 rings (SSSR count). The Balaban J connectivity index is 2.02. The van der Waals surface area contributed by atoms with Crippen molar-refractivity contribution in [2.45, 2.75) is 32.2 Å². The predicted octanol–water partition coefficient (Wildman–Crippen LogP) is 1.58. The molecule has 0 N–H and O–H groups in total. The van der Waals surface area contributed by atoms with Crippen molar-refractivity contribution in [3.05, 3.63) is 24.0 Å². The fourth-order valence-electron chi connectivity index (χ4n) is 2.69. The molecule has 0 saturated carbocycles. The summed E-state index contributed by atoms with van der Waals surface area (Å²) < 4.78 is 23.1. The van der Waals surface area contributed by atoms with Crippen molar-refractivity contribution in [3.8, 4) is 0 Å². The van der Waals surface area contributed by atoms with Crippen molar-refractivity contribution in [3.63, 3.8) is 0 Å². The number of anilines is 1. The number of aromatic nitrogens is 1. The van der Waals surface area contributed by atoms with Crippen LogP contribution in [0, 0.1) is 0 Å². The molecule has 0 aromatic carbocycles. The average Bonchev–Trinajstić information content (AvgIpc) is 2.91. The molecule has 0 bridgehead atoms. The van der Waals surface area contributed by atoms with Crippen LogP contribution in [0.3, 0.4) is 0 Å². The molecule has 0 aliphatic carbocycles. The zero-order chi connectivity index (χ0) is 17.0. The highest BCUT2D eigenvalue weighted by Gasteiger charge is 2.33. The van der Waals surface area contributed by atoms with Crippen molar-refractivity contribution in [2.75, 3.05) is 37.0 Å². The van der Waals surface area contributed by atoms with E-state index in [2.05, 4.69) is 16.8 Å². The molecule has 6 nitrogen and oxygen atoms in total. The summed E-state index contributed by atoms with van der Waals surface area (Å²) in [6.07, 6.45) is 4.43. The van der Waals surface area contributed by atoms with Crippen molar-refractivity contribution in [1.29, 1.82) is 0 Å². The smallest absolute Gasteiger partial charge is 0.272 e. The van der Waals surface area contributed by atoms with Gasteiger partial charge in [-0.2, -0.15) is 0 Å². The number of rotatable bonds is 6. The maximum atomic E-state index is 12.5. The number of nitrogens with zero attached hydrogens (tertiary/aromatic N) is 3. The molecule has 0 radical (unpaired) electrons. The van der Waals surface area contributed by atoms with E-state index in [1.165, 1.54) is 4.90 Å². The first kappa shape index (κ1) is 17.7. The zero-order valence-corrected chi connectivity index (χ0v) is 14.8. The average molecular weight is 339 g/mol. The molecule has 1 aliphatic rings. The van der Waals surface area contributed by atoms with Crippen LogP contribution in [0.15, 0.2) is 18.3 Å². The van der Waals surface area contributed by atoms with Crippen LogP contribution >= 0.6 is 0 Å². The molecule has 7 heteroatoms. The van der Waals surface area contributed by atoms with E-state index >= 15 is 0 Å². The molecule has 128 valence electrons. The number of carbonyl (C=O) groups excluding carboxylic acids is 1. The summed E-state index contributed by atoms with van der Waals surface area (Å²) in [6, 6.07) is 3.34. The standard InChI is InChI=1S/C16H25N3O3S/c1-4-5-9-18(2)13-6-7-15(17-11-13)16(20)19(3)14-8-10-23(21,22)12-14/h6-7,11,14H,4-5,8-10,12H2,1-3H3. The number of hydrogen-bond donors (Lipinski definition) is 0. The second-order valence-corrected chi connectivity index (χ2v) is 8.38. The Morgan fingerprint density at radius 1 is 1.35 bits per heavy atom. The predicted molar refractivity (Wildman–Crippen MR) is 91.6 cm³/mol. The molecular weight excluding hydrogens is 314 g/mol. The van der Waals surface area contributed by atoms with Gasteiger partial charge in [0, 0.05) is 26.7 Å². The number of amides is 1. The first-order valence-corrected chi connectivity index (χ1v) is 9.81. The highest BCUT2D eigenvalue weighted by molar-refractivity contribution is 7.91. The Labute approximate surface area is 138 Å². The van der Waals surface area contributed by atoms with Crippen molar-refractivity contribution >= 4 is 21.4 Å². The lowest BCUT2D eigenvalue weighted by molar-refractivity contribution is 0.0742. The normalized spacial score (nSPS) is 19.5. The van der Waals surface area contributed by atoms with E-state index in [9.17, 15) is 13.2 Å². The maximum Gasteiger partial charge on any atom is 0.272 e. The van der Waals surface area contributed by atoms with Gasteiger partial charge in [-0.3, -0.25) is 4.79 Å². The Hall–Kier alpha value is -1.63. The van der Waals surface area contributed by atoms with Crippen molar-refractivity contribution < 1.29 is 13.2 Å². The van der Waals surface area contributed by atoms with Gasteiger partial charge in [-0.15, -0.1) is 0 Å². The summed E-state index contributed by atoms with van der Waals surface area (Å²) in [5, 5.41) is 0. The van der Waals surface area contributed by atoms with Crippen LogP contribution in [-0.2, 0) is 9.84 Å². The molecule has 1 aromatic rings. The Morgan fingerprint density at radius 3 is 2.61 bits per heavy atom. The minimum Gasteiger partial charge on any atom is -0.373 e. The van der Waals surface area contributed by atoms with Crippen LogP contribution in [0.5, 0.6) is 0 Å². The quantitative estimate of drug-likeness (QED) is 0.787. The number of hydrogen-bond acceptors (Lipinski definition) is 5. The molecule has 23 heavy (non-hydrogen) atoms. The first-order valence-electron chi connectivity index (χ1n) is 7.99. The number of unbranched alkanes of at least 4 members (excludes halogenated alkanes) is 1. The minimum absolute atomic E-state index is 0.0487. The van der Waals surface area contributed by atoms with E-state index in [0.29, 0.717) is 12.1 Å². The van der Waals surface area contributed by atoms with Gasteiger partial charge < -0.3 is 9.80 Å². The zero-order valence-electron chi connectivity index (χ0n) is 14.0. The van der Waals surface area contributed by atoms with Gasteiger partial charge in [-0.25, -0.2) is 13.4 Å². The van der Waals surface area contributed by atoms with E-state index in [-0.39, 0.29) is 23.5 Å². The maximum absolute atomic E-state index is 12.5. The monoisotopic (exact) mass is 339 g/mol. The lowest BCUT2D eigenvalue weighted by Gasteiger charge is -2.23. The van der Waals surface area contributed by atoms with Gasteiger partial charge in [-0.05, 0) is 25.0 Å². The Morgan fingerprint density at radius 2 is 2.09 bits per heavy atom. The lowest BCUT2D eigenvalue weighted by atomic mass is 10.2. The summed E-state index contributed by atoms with van der Waals surface area (Å²) in [7, 11) is 0.649. The number of sulfone groups is 1. The van der Waals surface area contributed by atoms with E-state index in [0.717, 1.165) is 25.1 Å². The second-order valence-electron chi connectivity index (χ2n) is 6.15. The summed E-state index contributed by atoms with van der Waals surface area (Å²) in [4.78, 5) is 20.3. The summed E-state index contributed by atoms with van der Waals surface area (Å²) >= 11 is 0. The molecule has 1 amide bonds.